The van der Waals surface area contributed by atoms with Gasteiger partial charge in [0.05, 0.1) is 10.8 Å². The van der Waals surface area contributed by atoms with Crippen molar-refractivity contribution >= 4 is 40.7 Å². The Bertz CT molecular complexity index is 396. The van der Waals surface area contributed by atoms with Crippen molar-refractivity contribution in [1.29, 1.82) is 0 Å². The molecule has 1 aromatic carbocycles. The summed E-state index contributed by atoms with van der Waals surface area (Å²) in [6.07, 6.45) is 0. The summed E-state index contributed by atoms with van der Waals surface area (Å²) in [4.78, 5) is 11.9. The Balaban J connectivity index is 2.74. The van der Waals surface area contributed by atoms with Crippen LogP contribution in [0.2, 0.25) is 10.0 Å². The van der Waals surface area contributed by atoms with Crippen LogP contribution in [-0.4, -0.2) is 16.3 Å². The minimum atomic E-state index is 0.0431. The third-order valence-electron chi connectivity index (χ3n) is 1.87. The van der Waals surface area contributed by atoms with Crippen LogP contribution in [0.5, 0.6) is 0 Å². The molecule has 0 radical (unpaired) electrons. The highest BCUT2D eigenvalue weighted by molar-refractivity contribution is 8.01. The molecule has 88 valence electrons. The standard InChI is InChI=1S/C12H14Cl2OS/c1-12(2,3)16-7-11(15)9-5-4-8(13)6-10(9)14/h4-6H,7H2,1-3H3. The van der Waals surface area contributed by atoms with Gasteiger partial charge in [-0.05, 0) is 18.2 Å². The summed E-state index contributed by atoms with van der Waals surface area (Å²) >= 11 is 13.3. The summed E-state index contributed by atoms with van der Waals surface area (Å²) in [5.41, 5.74) is 0.544. The Kier molecular flexibility index (Phi) is 4.72. The molecule has 0 N–H and O–H groups in total. The lowest BCUT2D eigenvalue weighted by atomic mass is 10.1. The van der Waals surface area contributed by atoms with Gasteiger partial charge in [-0.15, -0.1) is 11.8 Å². The zero-order chi connectivity index (χ0) is 12.3. The number of carbonyl (C=O) groups excluding carboxylic acids is 1. The highest BCUT2D eigenvalue weighted by Gasteiger charge is 2.16. The Morgan fingerprint density at radius 2 is 1.94 bits per heavy atom. The lowest BCUT2D eigenvalue weighted by Crippen LogP contribution is -2.13. The highest BCUT2D eigenvalue weighted by Crippen LogP contribution is 2.26. The van der Waals surface area contributed by atoms with Gasteiger partial charge in [-0.1, -0.05) is 44.0 Å². The Morgan fingerprint density at radius 3 is 2.44 bits per heavy atom. The molecule has 0 aliphatic carbocycles. The van der Waals surface area contributed by atoms with E-state index in [9.17, 15) is 4.79 Å². The minimum absolute atomic E-state index is 0.0431. The van der Waals surface area contributed by atoms with E-state index in [1.54, 1.807) is 30.0 Å². The number of rotatable bonds is 3. The van der Waals surface area contributed by atoms with Gasteiger partial charge in [0.15, 0.2) is 5.78 Å². The van der Waals surface area contributed by atoms with Crippen LogP contribution in [0.3, 0.4) is 0 Å². The second-order valence-corrected chi connectivity index (χ2v) is 7.09. The predicted octanol–water partition coefficient (Wildman–Crippen LogP) is 4.71. The second-order valence-electron chi connectivity index (χ2n) is 4.45. The third kappa shape index (κ3) is 4.36. The minimum Gasteiger partial charge on any atom is -0.293 e. The molecule has 0 heterocycles. The van der Waals surface area contributed by atoms with Gasteiger partial charge in [0.25, 0.3) is 0 Å². The molecule has 4 heteroatoms. The van der Waals surface area contributed by atoms with Gasteiger partial charge in [0, 0.05) is 15.3 Å². The molecule has 1 rings (SSSR count). The van der Waals surface area contributed by atoms with E-state index in [4.69, 9.17) is 23.2 Å². The van der Waals surface area contributed by atoms with Crippen LogP contribution in [0, 0.1) is 0 Å². The number of halogens is 2. The fourth-order valence-electron chi connectivity index (χ4n) is 1.08. The van der Waals surface area contributed by atoms with Gasteiger partial charge < -0.3 is 0 Å². The number of ketones is 1. The number of thioether (sulfide) groups is 1. The molecule has 0 amide bonds. The van der Waals surface area contributed by atoms with Gasteiger partial charge in [-0.3, -0.25) is 4.79 Å². The number of Topliss-reactive ketones (excluding diaryl/α,β-unsaturated/α-hetero) is 1. The van der Waals surface area contributed by atoms with Crippen molar-refractivity contribution in [2.45, 2.75) is 25.5 Å². The van der Waals surface area contributed by atoms with E-state index in [2.05, 4.69) is 20.8 Å². The molecule has 16 heavy (non-hydrogen) atoms. The molecule has 0 aliphatic rings. The first-order valence-corrected chi connectivity index (χ1v) is 6.66. The van der Waals surface area contributed by atoms with Crippen molar-refractivity contribution in [2.24, 2.45) is 0 Å². The van der Waals surface area contributed by atoms with Crippen molar-refractivity contribution in [3.8, 4) is 0 Å². The van der Waals surface area contributed by atoms with Gasteiger partial charge in [0.2, 0.25) is 0 Å². The van der Waals surface area contributed by atoms with E-state index in [1.165, 1.54) is 0 Å². The molecule has 0 saturated heterocycles. The smallest absolute Gasteiger partial charge is 0.174 e. The number of hydrogen-bond acceptors (Lipinski definition) is 2. The monoisotopic (exact) mass is 276 g/mol. The molecule has 0 bridgehead atoms. The van der Waals surface area contributed by atoms with Crippen molar-refractivity contribution < 1.29 is 4.79 Å². The third-order valence-corrected chi connectivity index (χ3v) is 3.69. The van der Waals surface area contributed by atoms with E-state index in [0.717, 1.165) is 0 Å². The maximum atomic E-state index is 11.9. The zero-order valence-corrected chi connectivity index (χ0v) is 11.8. The fourth-order valence-corrected chi connectivity index (χ4v) is 2.31. The van der Waals surface area contributed by atoms with Crippen LogP contribution in [-0.2, 0) is 0 Å². The van der Waals surface area contributed by atoms with Gasteiger partial charge >= 0.3 is 0 Å². The molecule has 1 aromatic rings. The molecule has 0 atom stereocenters. The molecule has 0 unspecified atom stereocenters. The quantitative estimate of drug-likeness (QED) is 0.744. The second kappa shape index (κ2) is 5.44. The Hall–Kier alpha value is -0.180. The topological polar surface area (TPSA) is 17.1 Å². The lowest BCUT2D eigenvalue weighted by Gasteiger charge is -2.16. The van der Waals surface area contributed by atoms with E-state index < -0.39 is 0 Å². The number of carbonyl (C=O) groups is 1. The molecule has 0 aromatic heterocycles. The molecule has 0 aliphatic heterocycles. The van der Waals surface area contributed by atoms with Crippen LogP contribution < -0.4 is 0 Å². The van der Waals surface area contributed by atoms with Crippen molar-refractivity contribution in [2.75, 3.05) is 5.75 Å². The fraction of sp³-hybridized carbons (Fsp3) is 0.417. The first-order chi connectivity index (χ1) is 7.29. The van der Waals surface area contributed by atoms with Crippen LogP contribution in [0.25, 0.3) is 0 Å². The molecule has 0 spiro atoms. The Morgan fingerprint density at radius 1 is 1.31 bits per heavy atom. The summed E-state index contributed by atoms with van der Waals surface area (Å²) in [6, 6.07) is 4.96. The predicted molar refractivity (Wildman–Crippen MR) is 73.0 cm³/mol. The summed E-state index contributed by atoms with van der Waals surface area (Å²) < 4.78 is 0.0779. The number of benzene rings is 1. The van der Waals surface area contributed by atoms with Gasteiger partial charge in [-0.25, -0.2) is 0 Å². The first-order valence-electron chi connectivity index (χ1n) is 4.92. The molecule has 0 saturated carbocycles. The van der Waals surface area contributed by atoms with Crippen LogP contribution in [0.15, 0.2) is 18.2 Å². The lowest BCUT2D eigenvalue weighted by molar-refractivity contribution is 0.102. The number of hydrogen-bond donors (Lipinski definition) is 0. The normalized spacial score (nSPS) is 11.6. The molecular formula is C12H14Cl2OS. The summed E-state index contributed by atoms with van der Waals surface area (Å²) in [5.74, 6) is 0.479. The van der Waals surface area contributed by atoms with E-state index >= 15 is 0 Å². The van der Waals surface area contributed by atoms with Crippen molar-refractivity contribution in [3.63, 3.8) is 0 Å². The molecular weight excluding hydrogens is 263 g/mol. The van der Waals surface area contributed by atoms with Crippen LogP contribution >= 0.6 is 35.0 Å². The van der Waals surface area contributed by atoms with Crippen molar-refractivity contribution in [3.05, 3.63) is 33.8 Å². The maximum absolute atomic E-state index is 11.9. The average molecular weight is 277 g/mol. The van der Waals surface area contributed by atoms with Crippen LogP contribution in [0.1, 0.15) is 31.1 Å². The average Bonchev–Trinajstić information content (AvgIpc) is 2.13. The van der Waals surface area contributed by atoms with E-state index in [0.29, 0.717) is 21.4 Å². The van der Waals surface area contributed by atoms with E-state index in [-0.39, 0.29) is 10.5 Å². The molecule has 0 fully saturated rings. The summed E-state index contributed by atoms with van der Waals surface area (Å²) in [6.45, 7) is 6.23. The van der Waals surface area contributed by atoms with E-state index in [1.807, 2.05) is 0 Å². The van der Waals surface area contributed by atoms with Gasteiger partial charge in [-0.2, -0.15) is 0 Å². The Labute approximate surface area is 111 Å². The maximum Gasteiger partial charge on any atom is 0.174 e. The highest BCUT2D eigenvalue weighted by atomic mass is 35.5. The largest absolute Gasteiger partial charge is 0.293 e. The van der Waals surface area contributed by atoms with Gasteiger partial charge in [0.1, 0.15) is 0 Å². The van der Waals surface area contributed by atoms with Crippen LogP contribution in [0.4, 0.5) is 0 Å². The van der Waals surface area contributed by atoms with Crippen molar-refractivity contribution in [1.82, 2.24) is 0 Å². The zero-order valence-electron chi connectivity index (χ0n) is 9.51. The summed E-state index contributed by atoms with van der Waals surface area (Å²) in [7, 11) is 0. The summed E-state index contributed by atoms with van der Waals surface area (Å²) in [5, 5.41) is 0.969. The first kappa shape index (κ1) is 13.9. The molecule has 1 nitrogen and oxygen atoms in total. The SMILES string of the molecule is CC(C)(C)SCC(=O)c1ccc(Cl)cc1Cl.